The molecule has 4 rings (SSSR count). The Balaban J connectivity index is 1.35. The van der Waals surface area contributed by atoms with Crippen LogP contribution >= 0.6 is 0 Å². The number of carbonyl (C=O) groups excluding carboxylic acids is 1. The number of hydrogen-bond acceptors (Lipinski definition) is 5. The van der Waals surface area contributed by atoms with Crippen LogP contribution in [-0.2, 0) is 0 Å². The summed E-state index contributed by atoms with van der Waals surface area (Å²) in [6, 6.07) is 9.25. The number of nitrogens with one attached hydrogen (secondary N) is 2. The fourth-order valence-corrected chi connectivity index (χ4v) is 3.36. The van der Waals surface area contributed by atoms with Gasteiger partial charge in [-0.1, -0.05) is 0 Å². The van der Waals surface area contributed by atoms with E-state index in [1.807, 2.05) is 37.3 Å². The second kappa shape index (κ2) is 7.63. The summed E-state index contributed by atoms with van der Waals surface area (Å²) < 4.78 is 1.60. The molecule has 0 unspecified atom stereocenters. The van der Waals surface area contributed by atoms with Crippen LogP contribution in [0.2, 0.25) is 0 Å². The third-order valence-corrected chi connectivity index (χ3v) is 4.91. The fourth-order valence-electron chi connectivity index (χ4n) is 3.36. The van der Waals surface area contributed by atoms with Crippen LogP contribution in [0.5, 0.6) is 0 Å². The number of H-pyrrole nitrogens is 1. The SMILES string of the molecule is Cc1ccnc(-c2ccc(NC(=O)N3CCC(n4cn[nH]c4=O)CC3)cc2)n1. The third-order valence-electron chi connectivity index (χ3n) is 4.91. The van der Waals surface area contributed by atoms with Gasteiger partial charge in [0.15, 0.2) is 5.82 Å². The number of nitrogens with zero attached hydrogens (tertiary/aromatic N) is 5. The molecule has 0 saturated carbocycles. The molecule has 9 heteroatoms. The summed E-state index contributed by atoms with van der Waals surface area (Å²) in [7, 11) is 0. The van der Waals surface area contributed by atoms with Crippen molar-refractivity contribution in [3.8, 4) is 11.4 Å². The Hall–Kier alpha value is -3.49. The summed E-state index contributed by atoms with van der Waals surface area (Å²) in [6.45, 7) is 3.10. The van der Waals surface area contributed by atoms with Crippen LogP contribution in [0.1, 0.15) is 24.6 Å². The second-order valence-corrected chi connectivity index (χ2v) is 6.82. The summed E-state index contributed by atoms with van der Waals surface area (Å²) in [5, 5.41) is 9.09. The van der Waals surface area contributed by atoms with Crippen LogP contribution in [0.4, 0.5) is 10.5 Å². The van der Waals surface area contributed by atoms with Crippen LogP contribution < -0.4 is 11.0 Å². The molecule has 0 aliphatic carbocycles. The molecule has 1 saturated heterocycles. The van der Waals surface area contributed by atoms with Gasteiger partial charge in [-0.2, -0.15) is 5.10 Å². The first-order valence-corrected chi connectivity index (χ1v) is 9.18. The molecular formula is C19H21N7O2. The number of hydrogen-bond donors (Lipinski definition) is 2. The quantitative estimate of drug-likeness (QED) is 0.725. The Labute approximate surface area is 161 Å². The minimum Gasteiger partial charge on any atom is -0.324 e. The molecule has 1 fully saturated rings. The number of aromatic nitrogens is 5. The van der Waals surface area contributed by atoms with E-state index in [1.165, 1.54) is 6.33 Å². The van der Waals surface area contributed by atoms with E-state index < -0.39 is 0 Å². The maximum atomic E-state index is 12.5. The maximum absolute atomic E-state index is 12.5. The van der Waals surface area contributed by atoms with Gasteiger partial charge < -0.3 is 10.2 Å². The van der Waals surface area contributed by atoms with E-state index in [0.29, 0.717) is 18.9 Å². The molecule has 0 atom stereocenters. The molecule has 0 spiro atoms. The average Bonchev–Trinajstić information content (AvgIpc) is 3.14. The van der Waals surface area contributed by atoms with E-state index in [2.05, 4.69) is 25.5 Å². The molecule has 3 aromatic rings. The predicted molar refractivity (Wildman–Crippen MR) is 104 cm³/mol. The zero-order valence-electron chi connectivity index (χ0n) is 15.5. The van der Waals surface area contributed by atoms with Crippen LogP contribution in [0.25, 0.3) is 11.4 Å². The Morgan fingerprint density at radius 3 is 2.57 bits per heavy atom. The second-order valence-electron chi connectivity index (χ2n) is 6.82. The topological polar surface area (TPSA) is 109 Å². The van der Waals surface area contributed by atoms with Crippen molar-refractivity contribution in [2.45, 2.75) is 25.8 Å². The Bertz CT molecular complexity index is 1020. The minimum atomic E-state index is -0.208. The number of piperidine rings is 1. The van der Waals surface area contributed by atoms with E-state index in [-0.39, 0.29) is 17.8 Å². The van der Waals surface area contributed by atoms with Crippen LogP contribution in [0.3, 0.4) is 0 Å². The lowest BCUT2D eigenvalue weighted by molar-refractivity contribution is 0.183. The standard InChI is InChI=1S/C19H21N7O2/c1-13-6-9-20-17(22-13)14-2-4-15(5-3-14)23-18(27)25-10-7-16(8-11-25)26-12-21-24-19(26)28/h2-6,9,12,16H,7-8,10-11H2,1H3,(H,23,27)(H,24,28). The number of urea groups is 1. The molecule has 1 aliphatic heterocycles. The van der Waals surface area contributed by atoms with E-state index in [0.717, 1.165) is 29.8 Å². The van der Waals surface area contributed by atoms with Gasteiger partial charge in [-0.15, -0.1) is 0 Å². The van der Waals surface area contributed by atoms with Crippen molar-refractivity contribution >= 4 is 11.7 Å². The molecular weight excluding hydrogens is 358 g/mol. The van der Waals surface area contributed by atoms with Gasteiger partial charge in [0.05, 0.1) is 0 Å². The molecule has 28 heavy (non-hydrogen) atoms. The lowest BCUT2D eigenvalue weighted by atomic mass is 10.1. The first kappa shape index (κ1) is 17.9. The van der Waals surface area contributed by atoms with Gasteiger partial charge in [-0.3, -0.25) is 4.57 Å². The highest BCUT2D eigenvalue weighted by Gasteiger charge is 2.24. The van der Waals surface area contributed by atoms with Crippen LogP contribution in [-0.4, -0.2) is 48.8 Å². The van der Waals surface area contributed by atoms with E-state index in [1.54, 1.807) is 15.7 Å². The molecule has 0 radical (unpaired) electrons. The summed E-state index contributed by atoms with van der Waals surface area (Å²) in [5.74, 6) is 0.662. The zero-order valence-corrected chi connectivity index (χ0v) is 15.5. The summed E-state index contributed by atoms with van der Waals surface area (Å²) in [4.78, 5) is 34.6. The third kappa shape index (κ3) is 3.78. The van der Waals surface area contributed by atoms with Crippen molar-refractivity contribution in [1.29, 1.82) is 0 Å². The molecule has 2 amide bonds. The predicted octanol–water partition coefficient (Wildman–Crippen LogP) is 2.21. The molecule has 2 aromatic heterocycles. The number of rotatable bonds is 3. The van der Waals surface area contributed by atoms with Gasteiger partial charge in [0.2, 0.25) is 0 Å². The first-order chi connectivity index (χ1) is 13.6. The Morgan fingerprint density at radius 2 is 1.93 bits per heavy atom. The highest BCUT2D eigenvalue weighted by molar-refractivity contribution is 5.89. The highest BCUT2D eigenvalue weighted by atomic mass is 16.2. The summed E-state index contributed by atoms with van der Waals surface area (Å²) in [5.41, 5.74) is 2.31. The molecule has 3 heterocycles. The van der Waals surface area contributed by atoms with Gasteiger partial charge >= 0.3 is 11.7 Å². The number of aromatic amines is 1. The number of amides is 2. The lowest BCUT2D eigenvalue weighted by Gasteiger charge is -2.32. The monoisotopic (exact) mass is 379 g/mol. The number of benzene rings is 1. The molecule has 0 bridgehead atoms. The zero-order chi connectivity index (χ0) is 19.5. The molecule has 144 valence electrons. The van der Waals surface area contributed by atoms with Crippen molar-refractivity contribution in [2.24, 2.45) is 0 Å². The van der Waals surface area contributed by atoms with Crippen LogP contribution in [0, 0.1) is 6.92 Å². The van der Waals surface area contributed by atoms with Gasteiger partial charge in [0.1, 0.15) is 6.33 Å². The largest absolute Gasteiger partial charge is 0.343 e. The van der Waals surface area contributed by atoms with Gasteiger partial charge in [0, 0.05) is 42.3 Å². The normalized spacial score (nSPS) is 14.8. The number of likely N-dealkylation sites (tertiary alicyclic amines) is 1. The lowest BCUT2D eigenvalue weighted by Crippen LogP contribution is -2.42. The van der Waals surface area contributed by atoms with Crippen LogP contribution in [0.15, 0.2) is 47.7 Å². The molecule has 1 aliphatic rings. The Morgan fingerprint density at radius 1 is 1.18 bits per heavy atom. The Kier molecular flexibility index (Phi) is 4.88. The number of aryl methyl sites for hydroxylation is 1. The van der Waals surface area contributed by atoms with Crippen molar-refractivity contribution in [2.75, 3.05) is 18.4 Å². The van der Waals surface area contributed by atoms with E-state index >= 15 is 0 Å². The van der Waals surface area contributed by atoms with E-state index in [4.69, 9.17) is 0 Å². The summed E-state index contributed by atoms with van der Waals surface area (Å²) in [6.07, 6.45) is 4.68. The van der Waals surface area contributed by atoms with Gasteiger partial charge in [0.25, 0.3) is 0 Å². The maximum Gasteiger partial charge on any atom is 0.343 e. The molecule has 9 nitrogen and oxygen atoms in total. The van der Waals surface area contributed by atoms with Crippen molar-refractivity contribution in [3.05, 3.63) is 59.0 Å². The molecule has 2 N–H and O–H groups in total. The number of anilines is 1. The van der Waals surface area contributed by atoms with Crippen molar-refractivity contribution < 1.29 is 4.79 Å². The number of carbonyl (C=O) groups is 1. The fraction of sp³-hybridized carbons (Fsp3) is 0.316. The smallest absolute Gasteiger partial charge is 0.324 e. The van der Waals surface area contributed by atoms with E-state index in [9.17, 15) is 9.59 Å². The van der Waals surface area contributed by atoms with Crippen molar-refractivity contribution in [1.82, 2.24) is 29.6 Å². The highest BCUT2D eigenvalue weighted by Crippen LogP contribution is 2.22. The first-order valence-electron chi connectivity index (χ1n) is 9.18. The average molecular weight is 379 g/mol. The summed E-state index contributed by atoms with van der Waals surface area (Å²) >= 11 is 0. The van der Waals surface area contributed by atoms with Crippen molar-refractivity contribution in [3.63, 3.8) is 0 Å². The van der Waals surface area contributed by atoms with Gasteiger partial charge in [-0.25, -0.2) is 24.7 Å². The van der Waals surface area contributed by atoms with Gasteiger partial charge in [-0.05, 0) is 50.1 Å². The minimum absolute atomic E-state index is 0.0731. The molecule has 1 aromatic carbocycles.